The van der Waals surface area contributed by atoms with Crippen molar-refractivity contribution in [1.29, 1.82) is 0 Å². The molecule has 12 nitrogen and oxygen atoms in total. The molecule has 3 aromatic rings. The van der Waals surface area contributed by atoms with Crippen LogP contribution in [0.25, 0.3) is 0 Å². The van der Waals surface area contributed by atoms with E-state index in [0.717, 1.165) is 43.1 Å². The summed E-state index contributed by atoms with van der Waals surface area (Å²) in [5, 5.41) is 14.1. The Labute approximate surface area is 207 Å². The molecule has 2 aliphatic rings. The van der Waals surface area contributed by atoms with Crippen LogP contribution in [-0.2, 0) is 9.47 Å². The monoisotopic (exact) mass is 490 g/mol. The third kappa shape index (κ3) is 5.90. The zero-order valence-corrected chi connectivity index (χ0v) is 19.6. The molecule has 2 aromatic carbocycles. The van der Waals surface area contributed by atoms with Crippen molar-refractivity contribution >= 4 is 41.1 Å². The molecule has 5 rings (SSSR count). The zero-order chi connectivity index (χ0) is 24.7. The number of ether oxygens (including phenoxy) is 2. The Morgan fingerprint density at radius 2 is 1.39 bits per heavy atom. The molecular weight excluding hydrogens is 464 g/mol. The van der Waals surface area contributed by atoms with E-state index in [0.29, 0.717) is 44.3 Å². The summed E-state index contributed by atoms with van der Waals surface area (Å²) >= 11 is 0. The summed E-state index contributed by atoms with van der Waals surface area (Å²) in [5.74, 6) is 1.72. The minimum atomic E-state index is -0.424. The predicted molar refractivity (Wildman–Crippen MR) is 136 cm³/mol. The topological polar surface area (TPSA) is 131 Å². The molecule has 186 valence electrons. The van der Waals surface area contributed by atoms with Gasteiger partial charge in [0.25, 0.3) is 5.69 Å². The van der Waals surface area contributed by atoms with Gasteiger partial charge < -0.3 is 24.6 Å². The number of anilines is 4. The van der Waals surface area contributed by atoms with Crippen molar-refractivity contribution in [3.8, 4) is 0 Å². The van der Waals surface area contributed by atoms with Crippen LogP contribution in [0.5, 0.6) is 0 Å². The number of hydrogen-bond acceptors (Lipinski definition) is 11. The second-order valence-electron chi connectivity index (χ2n) is 8.24. The number of non-ortho nitro benzene ring substituents is 1. The van der Waals surface area contributed by atoms with E-state index in [1.165, 1.54) is 12.1 Å². The van der Waals surface area contributed by atoms with E-state index in [1.54, 1.807) is 18.3 Å². The lowest BCUT2D eigenvalue weighted by molar-refractivity contribution is -0.384. The van der Waals surface area contributed by atoms with Gasteiger partial charge in [-0.05, 0) is 42.0 Å². The fourth-order valence-corrected chi connectivity index (χ4v) is 3.81. The molecule has 0 radical (unpaired) electrons. The predicted octanol–water partition coefficient (Wildman–Crippen LogP) is 2.95. The molecule has 2 fully saturated rings. The molecule has 0 atom stereocenters. The summed E-state index contributed by atoms with van der Waals surface area (Å²) in [6, 6.07) is 13.8. The largest absolute Gasteiger partial charge is 0.378 e. The highest BCUT2D eigenvalue weighted by molar-refractivity contribution is 5.82. The number of rotatable bonds is 7. The van der Waals surface area contributed by atoms with Crippen LogP contribution in [0.3, 0.4) is 0 Å². The van der Waals surface area contributed by atoms with E-state index in [-0.39, 0.29) is 5.69 Å². The van der Waals surface area contributed by atoms with Crippen molar-refractivity contribution in [3.63, 3.8) is 0 Å². The van der Waals surface area contributed by atoms with Crippen molar-refractivity contribution < 1.29 is 14.4 Å². The number of benzene rings is 2. The van der Waals surface area contributed by atoms with E-state index in [9.17, 15) is 10.1 Å². The van der Waals surface area contributed by atoms with Gasteiger partial charge in [-0.25, -0.2) is 0 Å². The van der Waals surface area contributed by atoms with Gasteiger partial charge in [-0.2, -0.15) is 15.0 Å². The van der Waals surface area contributed by atoms with Crippen LogP contribution in [0.15, 0.2) is 53.5 Å². The Balaban J connectivity index is 1.31. The number of aliphatic imine (C=N–C) groups is 1. The van der Waals surface area contributed by atoms with Crippen LogP contribution in [0, 0.1) is 10.1 Å². The van der Waals surface area contributed by atoms with Gasteiger partial charge in [-0.3, -0.25) is 15.1 Å². The molecule has 3 heterocycles. The standard InChI is InChI=1S/C24H26N8O4/c33-32(34)21-7-1-18(2-8-21)17-25-19-3-5-20(6-4-19)26-22-27-23(30-9-13-35-14-10-30)29-24(28-22)31-11-15-36-16-12-31/h1-8,17H,9-16H2,(H,26,27,28,29). The Hall–Kier alpha value is -4.16. The lowest BCUT2D eigenvalue weighted by Crippen LogP contribution is -2.40. The Bertz CT molecular complexity index is 1170. The SMILES string of the molecule is O=[N+]([O-])c1ccc(C=Nc2ccc(Nc3nc(N4CCOCC4)nc(N4CCOCC4)n3)cc2)cc1. The first-order chi connectivity index (χ1) is 17.6. The molecule has 0 saturated carbocycles. The lowest BCUT2D eigenvalue weighted by Gasteiger charge is -2.30. The van der Waals surface area contributed by atoms with Crippen molar-refractivity contribution in [2.45, 2.75) is 0 Å². The quantitative estimate of drug-likeness (QED) is 0.299. The smallest absolute Gasteiger partial charge is 0.269 e. The molecule has 0 bridgehead atoms. The van der Waals surface area contributed by atoms with Crippen molar-refractivity contribution in [3.05, 3.63) is 64.2 Å². The number of nitrogens with one attached hydrogen (secondary N) is 1. The molecule has 0 unspecified atom stereocenters. The minimum Gasteiger partial charge on any atom is -0.378 e. The van der Waals surface area contributed by atoms with Crippen LogP contribution in [0.1, 0.15) is 5.56 Å². The maximum absolute atomic E-state index is 10.8. The third-order valence-corrected chi connectivity index (χ3v) is 5.79. The zero-order valence-electron chi connectivity index (χ0n) is 19.6. The highest BCUT2D eigenvalue weighted by Gasteiger charge is 2.20. The average molecular weight is 491 g/mol. The van der Waals surface area contributed by atoms with Gasteiger partial charge in [0.1, 0.15) is 0 Å². The minimum absolute atomic E-state index is 0.0504. The Morgan fingerprint density at radius 1 is 0.833 bits per heavy atom. The van der Waals surface area contributed by atoms with Crippen LogP contribution in [-0.4, -0.2) is 78.7 Å². The molecule has 12 heteroatoms. The summed E-state index contributed by atoms with van der Waals surface area (Å²) in [7, 11) is 0. The van der Waals surface area contributed by atoms with Crippen LogP contribution < -0.4 is 15.1 Å². The van der Waals surface area contributed by atoms with Crippen LogP contribution >= 0.6 is 0 Å². The number of nitro benzene ring substituents is 1. The molecule has 0 aliphatic carbocycles. The third-order valence-electron chi connectivity index (χ3n) is 5.79. The van der Waals surface area contributed by atoms with Crippen LogP contribution in [0.2, 0.25) is 0 Å². The first kappa shape index (κ1) is 23.6. The first-order valence-corrected chi connectivity index (χ1v) is 11.7. The Morgan fingerprint density at radius 3 is 1.92 bits per heavy atom. The number of nitrogens with zero attached hydrogens (tertiary/aromatic N) is 7. The molecule has 1 aromatic heterocycles. The highest BCUT2D eigenvalue weighted by atomic mass is 16.6. The van der Waals surface area contributed by atoms with E-state index in [1.807, 2.05) is 24.3 Å². The van der Waals surface area contributed by atoms with Gasteiger partial charge in [0.05, 0.1) is 37.0 Å². The molecule has 0 amide bonds. The second-order valence-corrected chi connectivity index (χ2v) is 8.24. The Kier molecular flexibility index (Phi) is 7.24. The summed E-state index contributed by atoms with van der Waals surface area (Å²) in [4.78, 5) is 33.1. The van der Waals surface area contributed by atoms with E-state index < -0.39 is 4.92 Å². The number of aromatic nitrogens is 3. The highest BCUT2D eigenvalue weighted by Crippen LogP contribution is 2.23. The van der Waals surface area contributed by atoms with E-state index in [2.05, 4.69) is 30.1 Å². The van der Waals surface area contributed by atoms with Crippen molar-refractivity contribution in [2.75, 3.05) is 67.7 Å². The van der Waals surface area contributed by atoms with Crippen molar-refractivity contribution in [1.82, 2.24) is 15.0 Å². The number of morpholine rings is 2. The summed E-state index contributed by atoms with van der Waals surface area (Å²) in [6.45, 7) is 5.49. The molecule has 36 heavy (non-hydrogen) atoms. The maximum atomic E-state index is 10.8. The maximum Gasteiger partial charge on any atom is 0.269 e. The molecule has 1 N–H and O–H groups in total. The average Bonchev–Trinajstić information content (AvgIpc) is 2.94. The molecule has 0 spiro atoms. The van der Waals surface area contributed by atoms with Gasteiger partial charge in [0.2, 0.25) is 17.8 Å². The summed E-state index contributed by atoms with van der Waals surface area (Å²) < 4.78 is 10.9. The summed E-state index contributed by atoms with van der Waals surface area (Å²) in [5.41, 5.74) is 2.39. The van der Waals surface area contributed by atoms with Gasteiger partial charge >= 0.3 is 0 Å². The fourth-order valence-electron chi connectivity index (χ4n) is 3.81. The van der Waals surface area contributed by atoms with Gasteiger partial charge in [-0.1, -0.05) is 0 Å². The van der Waals surface area contributed by atoms with Gasteiger partial charge in [0.15, 0.2) is 0 Å². The molecular formula is C24H26N8O4. The lowest BCUT2D eigenvalue weighted by atomic mass is 10.2. The summed E-state index contributed by atoms with van der Waals surface area (Å²) in [6.07, 6.45) is 1.67. The van der Waals surface area contributed by atoms with Gasteiger partial charge in [0, 0.05) is 50.2 Å². The number of hydrogen-bond donors (Lipinski definition) is 1. The van der Waals surface area contributed by atoms with E-state index >= 15 is 0 Å². The fraction of sp³-hybridized carbons (Fsp3) is 0.333. The van der Waals surface area contributed by atoms with Crippen molar-refractivity contribution in [2.24, 2.45) is 4.99 Å². The van der Waals surface area contributed by atoms with Gasteiger partial charge in [-0.15, -0.1) is 0 Å². The normalized spacial score (nSPS) is 16.3. The first-order valence-electron chi connectivity index (χ1n) is 11.7. The molecule has 2 aliphatic heterocycles. The van der Waals surface area contributed by atoms with E-state index in [4.69, 9.17) is 14.5 Å². The number of nitro groups is 1. The molecule has 2 saturated heterocycles. The second kappa shape index (κ2) is 11.1. The van der Waals surface area contributed by atoms with Crippen LogP contribution in [0.4, 0.5) is 34.9 Å².